The molecular weight excluding hydrogens is 297 g/mol. The summed E-state index contributed by atoms with van der Waals surface area (Å²) in [6.07, 6.45) is 2.87. The van der Waals surface area contributed by atoms with E-state index in [9.17, 15) is 13.2 Å². The zero-order chi connectivity index (χ0) is 15.0. The van der Waals surface area contributed by atoms with Crippen molar-refractivity contribution in [3.63, 3.8) is 0 Å². The summed E-state index contributed by atoms with van der Waals surface area (Å²) in [7, 11) is 0. The molecule has 1 atom stereocenters. The molecule has 0 radical (unpaired) electrons. The lowest BCUT2D eigenvalue weighted by molar-refractivity contribution is 0.465. The second-order valence-electron chi connectivity index (χ2n) is 5.07. The predicted octanol–water partition coefficient (Wildman–Crippen LogP) is 4.21. The fourth-order valence-corrected chi connectivity index (χ4v) is 3.93. The SMILES string of the molecule is CCNC1CCCc2sc(-c3c(F)cc(F)cc3F)nc21. The van der Waals surface area contributed by atoms with Gasteiger partial charge < -0.3 is 5.32 Å². The fourth-order valence-electron chi connectivity index (χ4n) is 2.72. The van der Waals surface area contributed by atoms with Crippen LogP contribution in [-0.2, 0) is 6.42 Å². The quantitative estimate of drug-likeness (QED) is 0.918. The molecule has 21 heavy (non-hydrogen) atoms. The monoisotopic (exact) mass is 312 g/mol. The Morgan fingerprint density at radius 1 is 1.29 bits per heavy atom. The minimum Gasteiger partial charge on any atom is -0.309 e. The molecule has 1 unspecified atom stereocenters. The number of aryl methyl sites for hydroxylation is 1. The number of thiazole rings is 1. The number of halogens is 3. The van der Waals surface area contributed by atoms with Crippen molar-refractivity contribution in [1.29, 1.82) is 0 Å². The lowest BCUT2D eigenvalue weighted by Gasteiger charge is -2.21. The van der Waals surface area contributed by atoms with Gasteiger partial charge in [0, 0.05) is 17.0 Å². The van der Waals surface area contributed by atoms with Crippen LogP contribution >= 0.6 is 11.3 Å². The molecule has 0 spiro atoms. The number of nitrogens with one attached hydrogen (secondary N) is 1. The normalized spacial score (nSPS) is 17.8. The van der Waals surface area contributed by atoms with E-state index in [2.05, 4.69) is 10.3 Å². The Hall–Kier alpha value is -1.40. The minimum atomic E-state index is -0.916. The summed E-state index contributed by atoms with van der Waals surface area (Å²) < 4.78 is 40.8. The molecule has 2 aromatic rings. The summed E-state index contributed by atoms with van der Waals surface area (Å²) in [6.45, 7) is 2.83. The van der Waals surface area contributed by atoms with Gasteiger partial charge in [-0.25, -0.2) is 18.2 Å². The predicted molar refractivity (Wildman–Crippen MR) is 76.8 cm³/mol. The number of nitrogens with zero attached hydrogens (tertiary/aromatic N) is 1. The first-order chi connectivity index (χ1) is 10.1. The Balaban J connectivity index is 2.06. The maximum absolute atomic E-state index is 13.9. The third-order valence-corrected chi connectivity index (χ3v) is 4.77. The van der Waals surface area contributed by atoms with Crippen molar-refractivity contribution < 1.29 is 13.2 Å². The number of hydrogen-bond acceptors (Lipinski definition) is 3. The molecule has 2 nitrogen and oxygen atoms in total. The molecule has 3 rings (SSSR count). The minimum absolute atomic E-state index is 0.135. The number of hydrogen-bond donors (Lipinski definition) is 1. The first kappa shape index (κ1) is 14.5. The van der Waals surface area contributed by atoms with Crippen LogP contribution in [0.15, 0.2) is 12.1 Å². The molecule has 0 fully saturated rings. The molecule has 112 valence electrons. The fraction of sp³-hybridized carbons (Fsp3) is 0.400. The summed E-state index contributed by atoms with van der Waals surface area (Å²) in [5.74, 6) is -2.72. The van der Waals surface area contributed by atoms with Gasteiger partial charge in [-0.15, -0.1) is 11.3 Å². The van der Waals surface area contributed by atoms with Crippen molar-refractivity contribution in [2.45, 2.75) is 32.2 Å². The van der Waals surface area contributed by atoms with Crippen LogP contribution in [0, 0.1) is 17.5 Å². The van der Waals surface area contributed by atoms with E-state index in [1.807, 2.05) is 6.92 Å². The molecule has 1 heterocycles. The van der Waals surface area contributed by atoms with Gasteiger partial charge in [-0.05, 0) is 25.8 Å². The standard InChI is InChI=1S/C15H15F3N2S/c1-2-19-11-4-3-5-12-14(11)20-15(21-12)13-9(17)6-8(16)7-10(13)18/h6-7,11,19H,2-5H2,1H3. The summed E-state index contributed by atoms with van der Waals surface area (Å²) in [6, 6.07) is 1.52. The zero-order valence-electron chi connectivity index (χ0n) is 11.5. The van der Waals surface area contributed by atoms with Crippen LogP contribution in [-0.4, -0.2) is 11.5 Å². The Morgan fingerprint density at radius 2 is 2.00 bits per heavy atom. The van der Waals surface area contributed by atoms with Crippen molar-refractivity contribution >= 4 is 11.3 Å². The van der Waals surface area contributed by atoms with E-state index in [-0.39, 0.29) is 11.6 Å². The molecule has 0 amide bonds. The van der Waals surface area contributed by atoms with E-state index < -0.39 is 17.5 Å². The van der Waals surface area contributed by atoms with Crippen molar-refractivity contribution in [1.82, 2.24) is 10.3 Å². The van der Waals surface area contributed by atoms with Gasteiger partial charge in [-0.3, -0.25) is 0 Å². The highest BCUT2D eigenvalue weighted by Gasteiger charge is 2.26. The third-order valence-electron chi connectivity index (χ3n) is 3.63. The maximum atomic E-state index is 13.9. The van der Waals surface area contributed by atoms with E-state index >= 15 is 0 Å². The third kappa shape index (κ3) is 2.70. The Bertz CT molecular complexity index is 646. The van der Waals surface area contributed by atoms with Crippen molar-refractivity contribution in [3.8, 4) is 10.6 Å². The van der Waals surface area contributed by atoms with Gasteiger partial charge in [0.1, 0.15) is 22.5 Å². The van der Waals surface area contributed by atoms with Gasteiger partial charge >= 0.3 is 0 Å². The number of benzene rings is 1. The van der Waals surface area contributed by atoms with E-state index in [4.69, 9.17) is 0 Å². The maximum Gasteiger partial charge on any atom is 0.139 e. The molecule has 0 saturated heterocycles. The summed E-state index contributed by atoms with van der Waals surface area (Å²) >= 11 is 1.30. The Labute approximate surface area is 125 Å². The van der Waals surface area contributed by atoms with Crippen LogP contribution < -0.4 is 5.32 Å². The molecule has 0 bridgehead atoms. The smallest absolute Gasteiger partial charge is 0.139 e. The molecule has 0 aliphatic heterocycles. The van der Waals surface area contributed by atoms with Crippen molar-refractivity contribution in [3.05, 3.63) is 40.2 Å². The van der Waals surface area contributed by atoms with E-state index in [0.29, 0.717) is 17.1 Å². The number of rotatable bonds is 3. The van der Waals surface area contributed by atoms with Crippen LogP contribution in [0.25, 0.3) is 10.6 Å². The highest BCUT2D eigenvalue weighted by atomic mass is 32.1. The second kappa shape index (κ2) is 5.77. The molecule has 1 aromatic heterocycles. The first-order valence-corrected chi connectivity index (χ1v) is 7.79. The molecule has 1 aliphatic carbocycles. The van der Waals surface area contributed by atoms with E-state index in [0.717, 1.165) is 36.4 Å². The van der Waals surface area contributed by atoms with Crippen molar-refractivity contribution in [2.75, 3.05) is 6.54 Å². The van der Waals surface area contributed by atoms with Gasteiger partial charge in [0.05, 0.1) is 17.3 Å². The van der Waals surface area contributed by atoms with Gasteiger partial charge in [0.2, 0.25) is 0 Å². The molecule has 0 saturated carbocycles. The van der Waals surface area contributed by atoms with Crippen LogP contribution in [0.2, 0.25) is 0 Å². The summed E-state index contributed by atoms with van der Waals surface area (Å²) in [5.41, 5.74) is 0.650. The average Bonchev–Trinajstić information content (AvgIpc) is 2.82. The lowest BCUT2D eigenvalue weighted by atomic mass is 9.97. The van der Waals surface area contributed by atoms with E-state index in [1.54, 1.807) is 0 Å². The highest BCUT2D eigenvalue weighted by molar-refractivity contribution is 7.15. The Kier molecular flexibility index (Phi) is 3.99. The molecule has 1 aliphatic rings. The van der Waals surface area contributed by atoms with Gasteiger partial charge in [-0.2, -0.15) is 0 Å². The zero-order valence-corrected chi connectivity index (χ0v) is 12.4. The number of fused-ring (bicyclic) bond motifs is 1. The first-order valence-electron chi connectivity index (χ1n) is 6.98. The molecule has 6 heteroatoms. The Morgan fingerprint density at radius 3 is 2.67 bits per heavy atom. The van der Waals surface area contributed by atoms with Crippen LogP contribution in [0.5, 0.6) is 0 Å². The second-order valence-corrected chi connectivity index (χ2v) is 6.16. The summed E-state index contributed by atoms with van der Waals surface area (Å²) in [4.78, 5) is 5.49. The average molecular weight is 312 g/mol. The lowest BCUT2D eigenvalue weighted by Crippen LogP contribution is -2.24. The van der Waals surface area contributed by atoms with Crippen molar-refractivity contribution in [2.24, 2.45) is 0 Å². The van der Waals surface area contributed by atoms with E-state index in [1.165, 1.54) is 11.3 Å². The molecule has 1 N–H and O–H groups in total. The largest absolute Gasteiger partial charge is 0.309 e. The summed E-state index contributed by atoms with van der Waals surface area (Å²) in [5, 5.41) is 3.63. The van der Waals surface area contributed by atoms with Gasteiger partial charge in [-0.1, -0.05) is 6.92 Å². The van der Waals surface area contributed by atoms with Crippen LogP contribution in [0.4, 0.5) is 13.2 Å². The van der Waals surface area contributed by atoms with Crippen LogP contribution in [0.1, 0.15) is 36.4 Å². The van der Waals surface area contributed by atoms with Gasteiger partial charge in [0.15, 0.2) is 0 Å². The highest BCUT2D eigenvalue weighted by Crippen LogP contribution is 2.38. The molecular formula is C15H15F3N2S. The van der Waals surface area contributed by atoms with Crippen LogP contribution in [0.3, 0.4) is 0 Å². The molecule has 1 aromatic carbocycles. The number of aromatic nitrogens is 1. The van der Waals surface area contributed by atoms with Gasteiger partial charge in [0.25, 0.3) is 0 Å². The topological polar surface area (TPSA) is 24.9 Å².